The highest BCUT2D eigenvalue weighted by Gasteiger charge is 2.24. The van der Waals surface area contributed by atoms with Gasteiger partial charge in [0, 0.05) is 60.8 Å². The number of pyridine rings is 1. The molecule has 2 heterocycles. The number of benzene rings is 2. The summed E-state index contributed by atoms with van der Waals surface area (Å²) < 4.78 is 39.5. The van der Waals surface area contributed by atoms with Crippen LogP contribution >= 0.6 is 0 Å². The molecule has 10 heteroatoms. The summed E-state index contributed by atoms with van der Waals surface area (Å²) in [6.45, 7) is 4.91. The Morgan fingerprint density at radius 3 is 2.31 bits per heavy atom. The van der Waals surface area contributed by atoms with Crippen LogP contribution in [0.3, 0.4) is 0 Å². The van der Waals surface area contributed by atoms with Crippen molar-refractivity contribution in [1.29, 1.82) is 0 Å². The Balaban J connectivity index is 1.38. The third-order valence-corrected chi connectivity index (χ3v) is 6.70. The SMILES string of the molecule is CC(c1ccc(-c2cncc(O)c2)cc1F)N1CCN(c2ccc(C(=O)NS(C)(=O)=O)cc2)CC1. The van der Waals surface area contributed by atoms with E-state index in [2.05, 4.69) is 14.8 Å². The fourth-order valence-corrected chi connectivity index (χ4v) is 4.70. The molecule has 1 saturated heterocycles. The third-order valence-electron chi connectivity index (χ3n) is 6.14. The number of carbonyl (C=O) groups excluding carboxylic acids is 1. The van der Waals surface area contributed by atoms with Crippen LogP contribution in [0.2, 0.25) is 0 Å². The number of aromatic nitrogens is 1. The largest absolute Gasteiger partial charge is 0.506 e. The van der Waals surface area contributed by atoms with Crippen molar-refractivity contribution in [3.05, 3.63) is 77.9 Å². The fraction of sp³-hybridized carbons (Fsp3) is 0.280. The average Bonchev–Trinajstić information content (AvgIpc) is 2.83. The summed E-state index contributed by atoms with van der Waals surface area (Å²) in [5.74, 6) is -0.931. The van der Waals surface area contributed by atoms with Gasteiger partial charge in [-0.3, -0.25) is 14.7 Å². The molecule has 1 atom stereocenters. The van der Waals surface area contributed by atoms with Gasteiger partial charge in [-0.05, 0) is 48.9 Å². The second-order valence-corrected chi connectivity index (χ2v) is 10.4. The first-order valence-corrected chi connectivity index (χ1v) is 13.0. The highest BCUT2D eigenvalue weighted by atomic mass is 32.2. The van der Waals surface area contributed by atoms with E-state index in [1.165, 1.54) is 12.3 Å². The van der Waals surface area contributed by atoms with Gasteiger partial charge in [0.05, 0.1) is 12.5 Å². The van der Waals surface area contributed by atoms with Gasteiger partial charge in [-0.1, -0.05) is 12.1 Å². The molecular weight excluding hydrogens is 471 g/mol. The van der Waals surface area contributed by atoms with Gasteiger partial charge < -0.3 is 10.0 Å². The molecule has 2 aromatic carbocycles. The molecule has 1 fully saturated rings. The molecule has 4 rings (SSSR count). The number of piperazine rings is 1. The minimum Gasteiger partial charge on any atom is -0.506 e. The Labute approximate surface area is 204 Å². The molecule has 35 heavy (non-hydrogen) atoms. The van der Waals surface area contributed by atoms with Gasteiger partial charge in [-0.25, -0.2) is 17.5 Å². The summed E-state index contributed by atoms with van der Waals surface area (Å²) in [6.07, 6.45) is 3.86. The maximum atomic E-state index is 15.0. The summed E-state index contributed by atoms with van der Waals surface area (Å²) >= 11 is 0. The van der Waals surface area contributed by atoms with Gasteiger partial charge in [0.15, 0.2) is 0 Å². The summed E-state index contributed by atoms with van der Waals surface area (Å²) in [5.41, 5.74) is 3.11. The molecule has 0 bridgehead atoms. The Hall–Kier alpha value is -3.50. The zero-order chi connectivity index (χ0) is 25.2. The van der Waals surface area contributed by atoms with Crippen molar-refractivity contribution in [2.24, 2.45) is 0 Å². The summed E-state index contributed by atoms with van der Waals surface area (Å²) in [7, 11) is -3.62. The molecule has 3 aromatic rings. The van der Waals surface area contributed by atoms with Crippen molar-refractivity contribution < 1.29 is 22.7 Å². The van der Waals surface area contributed by atoms with Crippen molar-refractivity contribution in [2.75, 3.05) is 37.3 Å². The van der Waals surface area contributed by atoms with Gasteiger partial charge in [0.2, 0.25) is 10.0 Å². The molecular formula is C25H27FN4O4S. The molecule has 8 nitrogen and oxygen atoms in total. The van der Waals surface area contributed by atoms with Crippen LogP contribution in [0.15, 0.2) is 60.9 Å². The summed E-state index contributed by atoms with van der Waals surface area (Å²) in [5, 5.41) is 9.63. The molecule has 2 N–H and O–H groups in total. The van der Waals surface area contributed by atoms with Crippen LogP contribution in [0.25, 0.3) is 11.1 Å². The standard InChI is InChI=1S/C25H27FN4O4S/c1-17(23-8-5-19(14-24(23)26)20-13-22(31)16-27-15-20)29-9-11-30(12-10-29)21-6-3-18(4-7-21)25(32)28-35(2,33)34/h3-8,13-17,31H,9-12H2,1-2H3,(H,28,32). The molecule has 1 aliphatic heterocycles. The van der Waals surface area contributed by atoms with E-state index >= 15 is 0 Å². The number of aromatic hydroxyl groups is 1. The van der Waals surface area contributed by atoms with E-state index in [-0.39, 0.29) is 23.2 Å². The van der Waals surface area contributed by atoms with Gasteiger partial charge in [0.25, 0.3) is 5.91 Å². The van der Waals surface area contributed by atoms with Crippen LogP contribution < -0.4 is 9.62 Å². The van der Waals surface area contributed by atoms with Crippen LogP contribution in [-0.2, 0) is 10.0 Å². The van der Waals surface area contributed by atoms with E-state index in [0.29, 0.717) is 16.7 Å². The first-order valence-electron chi connectivity index (χ1n) is 11.2. The minimum atomic E-state index is -3.62. The van der Waals surface area contributed by atoms with Gasteiger partial charge >= 0.3 is 0 Å². The van der Waals surface area contributed by atoms with Crippen LogP contribution in [0.4, 0.5) is 10.1 Å². The zero-order valence-corrected chi connectivity index (χ0v) is 20.3. The Morgan fingerprint density at radius 2 is 1.71 bits per heavy atom. The van der Waals surface area contributed by atoms with Crippen molar-refractivity contribution in [3.8, 4) is 16.9 Å². The second-order valence-electron chi connectivity index (χ2n) is 8.62. The predicted molar refractivity (Wildman–Crippen MR) is 132 cm³/mol. The van der Waals surface area contributed by atoms with Gasteiger partial charge in [0.1, 0.15) is 11.6 Å². The molecule has 1 amide bonds. The number of hydrogen-bond acceptors (Lipinski definition) is 7. The van der Waals surface area contributed by atoms with Crippen LogP contribution in [-0.4, -0.2) is 61.8 Å². The minimum absolute atomic E-state index is 0.0324. The Bertz CT molecular complexity index is 1320. The lowest BCUT2D eigenvalue weighted by molar-refractivity contribution is 0.0981. The van der Waals surface area contributed by atoms with Crippen LogP contribution in [0.1, 0.15) is 28.9 Å². The van der Waals surface area contributed by atoms with Crippen molar-refractivity contribution in [2.45, 2.75) is 13.0 Å². The molecule has 0 saturated carbocycles. The maximum absolute atomic E-state index is 15.0. The van der Waals surface area contributed by atoms with E-state index in [1.54, 1.807) is 42.6 Å². The van der Waals surface area contributed by atoms with Crippen molar-refractivity contribution in [1.82, 2.24) is 14.6 Å². The van der Waals surface area contributed by atoms with E-state index < -0.39 is 15.9 Å². The Kier molecular flexibility index (Phi) is 7.04. The average molecular weight is 499 g/mol. The van der Waals surface area contributed by atoms with Crippen LogP contribution in [0.5, 0.6) is 5.75 Å². The number of hydrogen-bond donors (Lipinski definition) is 2. The lowest BCUT2D eigenvalue weighted by Crippen LogP contribution is -2.47. The number of halogens is 1. The van der Waals surface area contributed by atoms with Gasteiger partial charge in [-0.15, -0.1) is 0 Å². The number of anilines is 1. The highest BCUT2D eigenvalue weighted by Crippen LogP contribution is 2.30. The lowest BCUT2D eigenvalue weighted by atomic mass is 10.00. The van der Waals surface area contributed by atoms with E-state index in [4.69, 9.17) is 0 Å². The molecule has 1 aromatic heterocycles. The number of carbonyl (C=O) groups is 1. The van der Waals surface area contributed by atoms with E-state index in [0.717, 1.165) is 38.1 Å². The molecule has 0 radical (unpaired) electrons. The number of nitrogens with zero attached hydrogens (tertiary/aromatic N) is 3. The number of rotatable bonds is 6. The molecule has 0 aliphatic carbocycles. The number of amides is 1. The zero-order valence-electron chi connectivity index (χ0n) is 19.5. The smallest absolute Gasteiger partial charge is 0.264 e. The van der Waals surface area contributed by atoms with Crippen molar-refractivity contribution in [3.63, 3.8) is 0 Å². The number of sulfonamides is 1. The monoisotopic (exact) mass is 498 g/mol. The maximum Gasteiger partial charge on any atom is 0.264 e. The quantitative estimate of drug-likeness (QED) is 0.538. The van der Waals surface area contributed by atoms with Crippen LogP contribution in [0, 0.1) is 5.82 Å². The highest BCUT2D eigenvalue weighted by molar-refractivity contribution is 7.89. The number of nitrogens with one attached hydrogen (secondary N) is 1. The second kappa shape index (κ2) is 10.0. The predicted octanol–water partition coefficient (Wildman–Crippen LogP) is 3.17. The Morgan fingerprint density at radius 1 is 1.03 bits per heavy atom. The topological polar surface area (TPSA) is 103 Å². The summed E-state index contributed by atoms with van der Waals surface area (Å²) in [4.78, 5) is 20.3. The normalized spacial score (nSPS) is 15.6. The van der Waals surface area contributed by atoms with Crippen molar-refractivity contribution >= 4 is 21.6 Å². The first kappa shape index (κ1) is 24.6. The molecule has 184 valence electrons. The summed E-state index contributed by atoms with van der Waals surface area (Å²) in [6, 6.07) is 13.3. The lowest BCUT2D eigenvalue weighted by Gasteiger charge is -2.39. The van der Waals surface area contributed by atoms with E-state index in [1.807, 2.05) is 17.7 Å². The van der Waals surface area contributed by atoms with E-state index in [9.17, 15) is 22.7 Å². The fourth-order valence-electron chi connectivity index (χ4n) is 4.25. The molecule has 1 aliphatic rings. The first-order chi connectivity index (χ1) is 16.6. The molecule has 0 spiro atoms. The third kappa shape index (κ3) is 5.95. The van der Waals surface area contributed by atoms with Gasteiger partial charge in [-0.2, -0.15) is 0 Å². The molecule has 1 unspecified atom stereocenters.